The highest BCUT2D eigenvalue weighted by Crippen LogP contribution is 2.42. The van der Waals surface area contributed by atoms with E-state index >= 15 is 0 Å². The zero-order valence-electron chi connectivity index (χ0n) is 16.7. The van der Waals surface area contributed by atoms with E-state index in [1.807, 2.05) is 11.9 Å². The smallest absolute Gasteiger partial charge is 0.222 e. The molecular formula is C24H31NO2. The maximum absolute atomic E-state index is 12.5. The van der Waals surface area contributed by atoms with E-state index in [4.69, 9.17) is 4.74 Å². The summed E-state index contributed by atoms with van der Waals surface area (Å²) < 4.78 is 5.61. The number of benzene rings is 1. The standard InChI is InChI=1S/C24H31NO2/c1-25(19-9-3-4-10-19)23(26)12-6-7-17-13-15-21-22(27-2)16-14-18-8-5-11-20(17)24(18)21/h5,11,14,16,19H,3-4,6-10,12-13,15H2,1-2H3. The van der Waals surface area contributed by atoms with Gasteiger partial charge in [0.15, 0.2) is 0 Å². The minimum absolute atomic E-state index is 0.324. The van der Waals surface area contributed by atoms with Gasteiger partial charge in [0.2, 0.25) is 5.91 Å². The number of rotatable bonds is 6. The highest BCUT2D eigenvalue weighted by molar-refractivity contribution is 5.85. The van der Waals surface area contributed by atoms with Crippen molar-refractivity contribution in [3.8, 4) is 5.75 Å². The van der Waals surface area contributed by atoms with Crippen LogP contribution in [0.2, 0.25) is 0 Å². The molecule has 0 radical (unpaired) electrons. The van der Waals surface area contributed by atoms with E-state index in [0.29, 0.717) is 18.4 Å². The highest BCUT2D eigenvalue weighted by Gasteiger charge is 2.26. The van der Waals surface area contributed by atoms with Crippen molar-refractivity contribution in [1.29, 1.82) is 0 Å². The second kappa shape index (κ2) is 7.92. The maximum atomic E-state index is 12.5. The van der Waals surface area contributed by atoms with Gasteiger partial charge in [-0.1, -0.05) is 36.6 Å². The Labute approximate surface area is 163 Å². The predicted octanol–water partition coefficient (Wildman–Crippen LogP) is 5.08. The Hall–Kier alpha value is -2.03. The summed E-state index contributed by atoms with van der Waals surface area (Å²) in [4.78, 5) is 14.6. The van der Waals surface area contributed by atoms with E-state index in [0.717, 1.165) is 37.9 Å². The molecule has 1 saturated carbocycles. The normalized spacial score (nSPS) is 18.6. The van der Waals surface area contributed by atoms with Crippen LogP contribution in [-0.4, -0.2) is 31.0 Å². The van der Waals surface area contributed by atoms with Crippen LogP contribution in [0.3, 0.4) is 0 Å². The lowest BCUT2D eigenvalue weighted by molar-refractivity contribution is -0.131. The topological polar surface area (TPSA) is 29.5 Å². The summed E-state index contributed by atoms with van der Waals surface area (Å²) >= 11 is 0. The van der Waals surface area contributed by atoms with Gasteiger partial charge in [-0.25, -0.2) is 0 Å². The number of hydrogen-bond donors (Lipinski definition) is 0. The third-order valence-corrected chi connectivity index (χ3v) is 6.66. The average molecular weight is 366 g/mol. The summed E-state index contributed by atoms with van der Waals surface area (Å²) in [5.41, 5.74) is 7.11. The van der Waals surface area contributed by atoms with Gasteiger partial charge < -0.3 is 9.64 Å². The molecule has 4 rings (SSSR count). The van der Waals surface area contributed by atoms with Crippen molar-refractivity contribution in [1.82, 2.24) is 4.90 Å². The molecule has 27 heavy (non-hydrogen) atoms. The largest absolute Gasteiger partial charge is 0.496 e. The van der Waals surface area contributed by atoms with Crippen molar-refractivity contribution in [3.63, 3.8) is 0 Å². The van der Waals surface area contributed by atoms with E-state index in [1.54, 1.807) is 7.11 Å². The van der Waals surface area contributed by atoms with Crippen LogP contribution in [0, 0.1) is 0 Å². The Morgan fingerprint density at radius 2 is 2.04 bits per heavy atom. The van der Waals surface area contributed by atoms with Gasteiger partial charge in [-0.05, 0) is 67.7 Å². The molecule has 0 unspecified atom stereocenters. The molecule has 3 heteroatoms. The molecule has 144 valence electrons. The number of amides is 1. The van der Waals surface area contributed by atoms with Crippen LogP contribution in [-0.2, 0) is 17.6 Å². The summed E-state index contributed by atoms with van der Waals surface area (Å²) in [6.07, 6.45) is 15.3. The molecule has 0 aromatic heterocycles. The number of nitrogens with zero attached hydrogens (tertiary/aromatic N) is 1. The molecule has 1 amide bonds. The Balaban J connectivity index is 1.45. The van der Waals surface area contributed by atoms with Crippen LogP contribution in [0.15, 0.2) is 29.9 Å². The molecule has 1 aromatic rings. The van der Waals surface area contributed by atoms with E-state index in [-0.39, 0.29) is 0 Å². The lowest BCUT2D eigenvalue weighted by Gasteiger charge is -2.28. The first-order valence-corrected chi connectivity index (χ1v) is 10.5. The monoisotopic (exact) mass is 365 g/mol. The first kappa shape index (κ1) is 18.3. The van der Waals surface area contributed by atoms with Crippen molar-refractivity contribution >= 4 is 11.5 Å². The van der Waals surface area contributed by atoms with Gasteiger partial charge in [-0.15, -0.1) is 0 Å². The Kier molecular flexibility index (Phi) is 5.38. The van der Waals surface area contributed by atoms with Crippen LogP contribution in [0.4, 0.5) is 0 Å². The predicted molar refractivity (Wildman–Crippen MR) is 110 cm³/mol. The van der Waals surface area contributed by atoms with Crippen LogP contribution in [0.5, 0.6) is 5.75 Å². The third-order valence-electron chi connectivity index (χ3n) is 6.66. The van der Waals surface area contributed by atoms with Gasteiger partial charge in [0.1, 0.15) is 5.75 Å². The molecule has 1 aromatic carbocycles. The van der Waals surface area contributed by atoms with Crippen molar-refractivity contribution in [2.75, 3.05) is 14.2 Å². The van der Waals surface area contributed by atoms with Crippen molar-refractivity contribution in [3.05, 3.63) is 46.5 Å². The molecule has 0 bridgehead atoms. The third kappa shape index (κ3) is 3.56. The van der Waals surface area contributed by atoms with Crippen LogP contribution >= 0.6 is 0 Å². The summed E-state index contributed by atoms with van der Waals surface area (Å²) in [6.45, 7) is 0. The van der Waals surface area contributed by atoms with Gasteiger partial charge in [0, 0.05) is 25.1 Å². The minimum atomic E-state index is 0.324. The van der Waals surface area contributed by atoms with E-state index in [1.165, 1.54) is 53.5 Å². The van der Waals surface area contributed by atoms with Crippen LogP contribution in [0.25, 0.3) is 5.57 Å². The number of ether oxygens (including phenoxy) is 1. The number of carbonyl (C=O) groups is 1. The molecule has 3 nitrogen and oxygen atoms in total. The van der Waals surface area contributed by atoms with Gasteiger partial charge >= 0.3 is 0 Å². The molecule has 0 aliphatic heterocycles. The maximum Gasteiger partial charge on any atom is 0.222 e. The number of allylic oxidation sites excluding steroid dienone is 4. The molecular weight excluding hydrogens is 334 g/mol. The Bertz CT molecular complexity index is 784. The second-order valence-corrected chi connectivity index (χ2v) is 8.20. The first-order chi connectivity index (χ1) is 13.2. The molecule has 0 N–H and O–H groups in total. The molecule has 1 fully saturated rings. The van der Waals surface area contributed by atoms with E-state index < -0.39 is 0 Å². The number of carbonyl (C=O) groups excluding carboxylic acids is 1. The lowest BCUT2D eigenvalue weighted by Crippen LogP contribution is -2.34. The first-order valence-electron chi connectivity index (χ1n) is 10.5. The summed E-state index contributed by atoms with van der Waals surface area (Å²) in [5, 5.41) is 0. The van der Waals surface area contributed by atoms with E-state index in [2.05, 4.69) is 24.3 Å². The average Bonchev–Trinajstić information content (AvgIpc) is 3.24. The van der Waals surface area contributed by atoms with Crippen molar-refractivity contribution < 1.29 is 9.53 Å². The Morgan fingerprint density at radius 3 is 2.81 bits per heavy atom. The molecule has 0 heterocycles. The molecule has 0 saturated heterocycles. The van der Waals surface area contributed by atoms with Gasteiger partial charge in [0.05, 0.1) is 7.11 Å². The van der Waals surface area contributed by atoms with Crippen LogP contribution < -0.4 is 4.74 Å². The molecule has 0 spiro atoms. The zero-order chi connectivity index (χ0) is 18.8. The van der Waals surface area contributed by atoms with Crippen LogP contribution in [0.1, 0.15) is 68.1 Å². The summed E-state index contributed by atoms with van der Waals surface area (Å²) in [7, 11) is 3.77. The van der Waals surface area contributed by atoms with Gasteiger partial charge in [0.25, 0.3) is 0 Å². The Morgan fingerprint density at radius 1 is 1.22 bits per heavy atom. The number of methoxy groups -OCH3 is 1. The van der Waals surface area contributed by atoms with E-state index in [9.17, 15) is 4.79 Å². The molecule has 3 aliphatic carbocycles. The van der Waals surface area contributed by atoms with Crippen molar-refractivity contribution in [2.24, 2.45) is 0 Å². The SMILES string of the molecule is COc1ccc2c3c1CCC(CCCC(=O)N(C)C1CCCC1)=C3C=CC2. The summed E-state index contributed by atoms with van der Waals surface area (Å²) in [6, 6.07) is 4.81. The van der Waals surface area contributed by atoms with Gasteiger partial charge in [-0.3, -0.25) is 4.79 Å². The highest BCUT2D eigenvalue weighted by atomic mass is 16.5. The fraction of sp³-hybridized carbons (Fsp3) is 0.542. The quantitative estimate of drug-likeness (QED) is 0.704. The lowest BCUT2D eigenvalue weighted by atomic mass is 9.78. The second-order valence-electron chi connectivity index (χ2n) is 8.20. The molecule has 0 atom stereocenters. The van der Waals surface area contributed by atoms with Crippen molar-refractivity contribution in [2.45, 2.75) is 70.3 Å². The summed E-state index contributed by atoms with van der Waals surface area (Å²) in [5.74, 6) is 1.35. The fourth-order valence-electron chi connectivity index (χ4n) is 5.10. The minimum Gasteiger partial charge on any atom is -0.496 e. The molecule has 3 aliphatic rings. The number of hydrogen-bond acceptors (Lipinski definition) is 2. The van der Waals surface area contributed by atoms with Gasteiger partial charge in [-0.2, -0.15) is 0 Å². The fourth-order valence-corrected chi connectivity index (χ4v) is 5.10. The zero-order valence-corrected chi connectivity index (χ0v) is 16.7.